The van der Waals surface area contributed by atoms with Crippen molar-refractivity contribution in [1.29, 1.82) is 0 Å². The Hall–Kier alpha value is -1.63. The Morgan fingerprint density at radius 3 is 2.89 bits per heavy atom. The Morgan fingerprint density at radius 1 is 1.61 bits per heavy atom. The smallest absolute Gasteiger partial charge is 0.141 e. The van der Waals surface area contributed by atoms with Crippen LogP contribution in [0, 0.1) is 0 Å². The van der Waals surface area contributed by atoms with E-state index in [1.807, 2.05) is 4.68 Å². The Kier molecular flexibility index (Phi) is 5.57. The van der Waals surface area contributed by atoms with Gasteiger partial charge in [-0.05, 0) is 20.4 Å². The molecule has 0 aliphatic carbocycles. The zero-order chi connectivity index (χ0) is 13.5. The van der Waals surface area contributed by atoms with Gasteiger partial charge in [0.2, 0.25) is 0 Å². The molecule has 0 unspecified atom stereocenters. The number of nitrogens with zero attached hydrogens (tertiary/aromatic N) is 5. The van der Waals surface area contributed by atoms with Gasteiger partial charge < -0.3 is 10.9 Å². The van der Waals surface area contributed by atoms with E-state index in [1.165, 1.54) is 0 Å². The third-order valence-corrected chi connectivity index (χ3v) is 2.76. The van der Waals surface area contributed by atoms with Gasteiger partial charge in [0.1, 0.15) is 18.0 Å². The second kappa shape index (κ2) is 6.95. The van der Waals surface area contributed by atoms with Crippen LogP contribution in [0.3, 0.4) is 0 Å². The van der Waals surface area contributed by atoms with Crippen molar-refractivity contribution >= 4 is 5.84 Å². The highest BCUT2D eigenvalue weighted by atomic mass is 16.4. The van der Waals surface area contributed by atoms with Gasteiger partial charge in [-0.2, -0.15) is 5.10 Å². The minimum absolute atomic E-state index is 0.249. The number of hydrogen-bond acceptors (Lipinski definition) is 5. The van der Waals surface area contributed by atoms with Gasteiger partial charge >= 0.3 is 0 Å². The van der Waals surface area contributed by atoms with Crippen LogP contribution in [-0.2, 0) is 6.54 Å². The molecule has 1 heterocycles. The summed E-state index contributed by atoms with van der Waals surface area (Å²) in [5, 5.41) is 15.7. The number of hydrogen-bond donors (Lipinski definition) is 2. The number of aromatic nitrogens is 3. The first kappa shape index (κ1) is 14.4. The van der Waals surface area contributed by atoms with Crippen LogP contribution in [0.4, 0.5) is 0 Å². The summed E-state index contributed by atoms with van der Waals surface area (Å²) in [5.41, 5.74) is 5.47. The third kappa shape index (κ3) is 3.99. The Balaban J connectivity index is 2.59. The molecule has 0 saturated heterocycles. The van der Waals surface area contributed by atoms with Crippen LogP contribution in [0.2, 0.25) is 0 Å². The van der Waals surface area contributed by atoms with E-state index in [0.717, 1.165) is 18.9 Å². The minimum atomic E-state index is 0.249. The van der Waals surface area contributed by atoms with Crippen molar-refractivity contribution in [3.8, 4) is 0 Å². The highest BCUT2D eigenvalue weighted by Crippen LogP contribution is 2.08. The van der Waals surface area contributed by atoms with Crippen molar-refractivity contribution in [3.63, 3.8) is 0 Å². The van der Waals surface area contributed by atoms with E-state index in [4.69, 9.17) is 10.9 Å². The second-order valence-electron chi connectivity index (χ2n) is 4.42. The lowest BCUT2D eigenvalue weighted by Gasteiger charge is -2.20. The standard InChI is InChI=1S/C11H22N6O/c1-4-16(6-5-10(12)15-18)7-11-13-8-14-17(11)9(2)3/h8-9,18H,4-7H2,1-3H3,(H2,12,15). The first-order valence-electron chi connectivity index (χ1n) is 6.15. The summed E-state index contributed by atoms with van der Waals surface area (Å²) in [6.07, 6.45) is 2.12. The van der Waals surface area contributed by atoms with Crippen LogP contribution in [-0.4, -0.2) is 43.8 Å². The first-order valence-corrected chi connectivity index (χ1v) is 6.15. The number of amidine groups is 1. The van der Waals surface area contributed by atoms with Crippen molar-refractivity contribution in [2.75, 3.05) is 13.1 Å². The first-order chi connectivity index (χ1) is 8.58. The minimum Gasteiger partial charge on any atom is -0.409 e. The molecule has 0 radical (unpaired) electrons. The molecule has 0 bridgehead atoms. The van der Waals surface area contributed by atoms with Gasteiger partial charge in [-0.1, -0.05) is 12.1 Å². The van der Waals surface area contributed by atoms with Crippen molar-refractivity contribution in [2.45, 2.75) is 39.8 Å². The lowest BCUT2D eigenvalue weighted by molar-refractivity contribution is 0.268. The molecule has 1 rings (SSSR count). The normalized spacial score (nSPS) is 12.6. The van der Waals surface area contributed by atoms with E-state index < -0.39 is 0 Å². The summed E-state index contributed by atoms with van der Waals surface area (Å²) in [6, 6.07) is 0.297. The molecule has 0 amide bonds. The van der Waals surface area contributed by atoms with Crippen LogP contribution in [0.25, 0.3) is 0 Å². The summed E-state index contributed by atoms with van der Waals surface area (Å²) < 4.78 is 1.91. The average Bonchev–Trinajstić information content (AvgIpc) is 2.82. The van der Waals surface area contributed by atoms with Gasteiger partial charge in [-0.3, -0.25) is 4.90 Å². The molecule has 102 valence electrons. The lowest BCUT2D eigenvalue weighted by Crippen LogP contribution is -2.29. The Bertz CT molecular complexity index is 387. The zero-order valence-corrected chi connectivity index (χ0v) is 11.2. The Morgan fingerprint density at radius 2 is 2.33 bits per heavy atom. The largest absolute Gasteiger partial charge is 0.409 e. The number of nitrogens with two attached hydrogens (primary N) is 1. The molecule has 0 fully saturated rings. The maximum absolute atomic E-state index is 8.51. The van der Waals surface area contributed by atoms with Gasteiger partial charge in [-0.15, -0.1) is 0 Å². The van der Waals surface area contributed by atoms with Crippen LogP contribution < -0.4 is 5.73 Å². The van der Waals surface area contributed by atoms with Crippen LogP contribution in [0.15, 0.2) is 11.5 Å². The van der Waals surface area contributed by atoms with Crippen molar-refractivity contribution in [2.24, 2.45) is 10.9 Å². The Labute approximate surface area is 107 Å². The molecule has 18 heavy (non-hydrogen) atoms. The quantitative estimate of drug-likeness (QED) is 0.325. The zero-order valence-electron chi connectivity index (χ0n) is 11.2. The van der Waals surface area contributed by atoms with E-state index in [9.17, 15) is 0 Å². The van der Waals surface area contributed by atoms with E-state index in [1.54, 1.807) is 6.33 Å². The van der Waals surface area contributed by atoms with Gasteiger partial charge in [0.25, 0.3) is 0 Å². The molecule has 0 aliphatic rings. The van der Waals surface area contributed by atoms with E-state index in [2.05, 4.69) is 40.9 Å². The topological polar surface area (TPSA) is 92.6 Å². The van der Waals surface area contributed by atoms with Crippen LogP contribution in [0.1, 0.15) is 39.1 Å². The van der Waals surface area contributed by atoms with Crippen LogP contribution in [0.5, 0.6) is 0 Å². The van der Waals surface area contributed by atoms with Crippen LogP contribution >= 0.6 is 0 Å². The van der Waals surface area contributed by atoms with Gasteiger partial charge in [0, 0.05) is 19.0 Å². The third-order valence-electron chi connectivity index (χ3n) is 2.76. The SMILES string of the molecule is CCN(CCC(N)=NO)Cc1ncnn1C(C)C. The molecule has 1 aromatic rings. The summed E-state index contributed by atoms with van der Waals surface area (Å²) >= 11 is 0. The predicted molar refractivity (Wildman–Crippen MR) is 69.4 cm³/mol. The molecular formula is C11H22N6O. The summed E-state index contributed by atoms with van der Waals surface area (Å²) in [5.74, 6) is 1.19. The summed E-state index contributed by atoms with van der Waals surface area (Å²) in [6.45, 7) is 8.55. The molecule has 7 nitrogen and oxygen atoms in total. The molecule has 0 aliphatic heterocycles. The van der Waals surface area contributed by atoms with Crippen molar-refractivity contribution < 1.29 is 5.21 Å². The second-order valence-corrected chi connectivity index (χ2v) is 4.42. The lowest BCUT2D eigenvalue weighted by atomic mass is 10.3. The molecule has 0 saturated carbocycles. The maximum atomic E-state index is 8.51. The fraction of sp³-hybridized carbons (Fsp3) is 0.727. The average molecular weight is 254 g/mol. The van der Waals surface area contributed by atoms with Crippen molar-refractivity contribution in [1.82, 2.24) is 19.7 Å². The van der Waals surface area contributed by atoms with E-state index in [0.29, 0.717) is 19.0 Å². The van der Waals surface area contributed by atoms with Crippen molar-refractivity contribution in [3.05, 3.63) is 12.2 Å². The molecule has 0 aromatic carbocycles. The molecule has 3 N–H and O–H groups in total. The van der Waals surface area contributed by atoms with Gasteiger partial charge in [0.05, 0.1) is 6.54 Å². The highest BCUT2D eigenvalue weighted by molar-refractivity contribution is 5.79. The predicted octanol–water partition coefficient (Wildman–Crippen LogP) is 0.817. The van der Waals surface area contributed by atoms with E-state index >= 15 is 0 Å². The molecule has 1 aromatic heterocycles. The van der Waals surface area contributed by atoms with E-state index in [-0.39, 0.29) is 5.84 Å². The maximum Gasteiger partial charge on any atom is 0.141 e. The summed E-state index contributed by atoms with van der Waals surface area (Å²) in [4.78, 5) is 6.45. The molecular weight excluding hydrogens is 232 g/mol. The molecule has 7 heteroatoms. The number of oxime groups is 1. The highest BCUT2D eigenvalue weighted by Gasteiger charge is 2.12. The fourth-order valence-corrected chi connectivity index (χ4v) is 1.69. The summed E-state index contributed by atoms with van der Waals surface area (Å²) in [7, 11) is 0. The monoisotopic (exact) mass is 254 g/mol. The molecule has 0 spiro atoms. The van der Waals surface area contributed by atoms with Gasteiger partial charge in [0.15, 0.2) is 0 Å². The fourth-order valence-electron chi connectivity index (χ4n) is 1.69. The number of rotatable bonds is 7. The molecule has 0 atom stereocenters. The van der Waals surface area contributed by atoms with Gasteiger partial charge in [-0.25, -0.2) is 9.67 Å².